The van der Waals surface area contributed by atoms with Gasteiger partial charge in [0.15, 0.2) is 0 Å². The summed E-state index contributed by atoms with van der Waals surface area (Å²) in [5.74, 6) is 1.19. The van der Waals surface area contributed by atoms with Crippen LogP contribution in [0.5, 0.6) is 0 Å². The van der Waals surface area contributed by atoms with Crippen LogP contribution in [0.2, 0.25) is 0 Å². The highest BCUT2D eigenvalue weighted by Gasteiger charge is 2.37. The second kappa shape index (κ2) is 4.56. The van der Waals surface area contributed by atoms with Crippen LogP contribution < -0.4 is 5.32 Å². The summed E-state index contributed by atoms with van der Waals surface area (Å²) in [5.41, 5.74) is 0.488. The van der Waals surface area contributed by atoms with Gasteiger partial charge in [0.1, 0.15) is 5.69 Å². The highest BCUT2D eigenvalue weighted by atomic mass is 16.2. The summed E-state index contributed by atoms with van der Waals surface area (Å²) < 4.78 is 1.79. The molecule has 2 aromatic heterocycles. The van der Waals surface area contributed by atoms with Crippen molar-refractivity contribution in [1.82, 2.24) is 24.6 Å². The minimum atomic E-state index is 0.0201. The van der Waals surface area contributed by atoms with Gasteiger partial charge in [0.05, 0.1) is 0 Å². The van der Waals surface area contributed by atoms with Gasteiger partial charge in [0.2, 0.25) is 5.78 Å². The van der Waals surface area contributed by atoms with Crippen LogP contribution in [-0.4, -0.2) is 50.9 Å². The average molecular weight is 271 g/mol. The van der Waals surface area contributed by atoms with Gasteiger partial charge in [-0.15, -0.1) is 0 Å². The summed E-state index contributed by atoms with van der Waals surface area (Å²) in [6, 6.07) is 2.29. The number of hydrogen-bond donors (Lipinski definition) is 1. The molecule has 2 fully saturated rings. The van der Waals surface area contributed by atoms with Crippen molar-refractivity contribution in [1.29, 1.82) is 0 Å². The molecule has 4 rings (SSSR count). The van der Waals surface area contributed by atoms with E-state index >= 15 is 0 Å². The summed E-state index contributed by atoms with van der Waals surface area (Å²) in [5, 5.41) is 3.51. The van der Waals surface area contributed by atoms with Crippen molar-refractivity contribution >= 4 is 11.7 Å². The van der Waals surface area contributed by atoms with Crippen LogP contribution in [-0.2, 0) is 0 Å². The standard InChI is InChI=1S/C14H17N5O/c20-13(12-9-18-6-2-5-16-14(18)17-12)19-7-10-3-1-4-15-11(10)8-19/h2,5-6,9-11,15H,1,3-4,7-8H2/t10-,11+/m0/s1. The molecule has 104 valence electrons. The van der Waals surface area contributed by atoms with Gasteiger partial charge in [-0.05, 0) is 31.4 Å². The number of amides is 1. The van der Waals surface area contributed by atoms with Gasteiger partial charge >= 0.3 is 0 Å². The van der Waals surface area contributed by atoms with E-state index in [9.17, 15) is 4.79 Å². The number of piperidine rings is 1. The van der Waals surface area contributed by atoms with Crippen molar-refractivity contribution in [3.8, 4) is 0 Å². The zero-order valence-corrected chi connectivity index (χ0v) is 11.2. The maximum absolute atomic E-state index is 12.6. The molecule has 4 heterocycles. The smallest absolute Gasteiger partial charge is 0.274 e. The summed E-state index contributed by atoms with van der Waals surface area (Å²) in [4.78, 5) is 22.9. The average Bonchev–Trinajstić information content (AvgIpc) is 3.10. The van der Waals surface area contributed by atoms with E-state index in [1.807, 2.05) is 17.2 Å². The van der Waals surface area contributed by atoms with E-state index in [0.29, 0.717) is 23.4 Å². The topological polar surface area (TPSA) is 62.5 Å². The molecular weight excluding hydrogens is 254 g/mol. The molecule has 0 saturated carbocycles. The molecule has 0 spiro atoms. The number of imidazole rings is 1. The van der Waals surface area contributed by atoms with Crippen LogP contribution in [0.4, 0.5) is 0 Å². The Morgan fingerprint density at radius 2 is 2.35 bits per heavy atom. The zero-order valence-electron chi connectivity index (χ0n) is 11.2. The normalized spacial score (nSPS) is 25.9. The number of carbonyl (C=O) groups excluding carboxylic acids is 1. The Hall–Kier alpha value is -1.95. The van der Waals surface area contributed by atoms with E-state index in [0.717, 1.165) is 19.6 Å². The Kier molecular flexibility index (Phi) is 2.70. The largest absolute Gasteiger partial charge is 0.335 e. The van der Waals surface area contributed by atoms with E-state index in [1.165, 1.54) is 12.8 Å². The maximum atomic E-state index is 12.6. The molecule has 2 aromatic rings. The second-order valence-corrected chi connectivity index (χ2v) is 5.63. The molecule has 0 aliphatic carbocycles. The number of nitrogens with one attached hydrogen (secondary N) is 1. The van der Waals surface area contributed by atoms with Gasteiger partial charge in [0, 0.05) is 37.7 Å². The van der Waals surface area contributed by atoms with E-state index in [-0.39, 0.29) is 5.91 Å². The Morgan fingerprint density at radius 1 is 1.40 bits per heavy atom. The van der Waals surface area contributed by atoms with E-state index < -0.39 is 0 Å². The van der Waals surface area contributed by atoms with Crippen molar-refractivity contribution in [2.75, 3.05) is 19.6 Å². The van der Waals surface area contributed by atoms with E-state index in [4.69, 9.17) is 0 Å². The SMILES string of the molecule is O=C(c1cn2cccnc2n1)N1C[C@@H]2CCCN[C@@H]2C1. The fourth-order valence-electron chi connectivity index (χ4n) is 3.31. The Labute approximate surface area is 116 Å². The first-order chi connectivity index (χ1) is 9.81. The number of nitrogens with zero attached hydrogens (tertiary/aromatic N) is 4. The number of fused-ring (bicyclic) bond motifs is 2. The predicted octanol–water partition coefficient (Wildman–Crippen LogP) is 0.553. The fraction of sp³-hybridized carbons (Fsp3) is 0.500. The minimum absolute atomic E-state index is 0.0201. The molecule has 20 heavy (non-hydrogen) atoms. The second-order valence-electron chi connectivity index (χ2n) is 5.63. The number of likely N-dealkylation sites (tertiary alicyclic amines) is 1. The Balaban J connectivity index is 1.58. The molecule has 1 N–H and O–H groups in total. The first kappa shape index (κ1) is 11.8. The lowest BCUT2D eigenvalue weighted by atomic mass is 9.94. The molecule has 0 radical (unpaired) electrons. The summed E-state index contributed by atoms with van der Waals surface area (Å²) >= 11 is 0. The third kappa shape index (κ3) is 1.87. The maximum Gasteiger partial charge on any atom is 0.274 e. The first-order valence-electron chi connectivity index (χ1n) is 7.13. The van der Waals surface area contributed by atoms with Crippen LogP contribution in [0.1, 0.15) is 23.3 Å². The molecule has 6 nitrogen and oxygen atoms in total. The number of aromatic nitrogens is 3. The van der Waals surface area contributed by atoms with Crippen molar-refractivity contribution < 1.29 is 4.79 Å². The zero-order chi connectivity index (χ0) is 13.5. The third-order valence-electron chi connectivity index (χ3n) is 4.34. The van der Waals surface area contributed by atoms with Crippen LogP contribution in [0.15, 0.2) is 24.7 Å². The van der Waals surface area contributed by atoms with Crippen molar-refractivity contribution in [2.45, 2.75) is 18.9 Å². The monoisotopic (exact) mass is 271 g/mol. The molecule has 2 aliphatic rings. The molecule has 2 atom stereocenters. The van der Waals surface area contributed by atoms with Gasteiger partial charge in [-0.2, -0.15) is 0 Å². The lowest BCUT2D eigenvalue weighted by Gasteiger charge is -2.24. The van der Waals surface area contributed by atoms with Crippen LogP contribution in [0.25, 0.3) is 5.78 Å². The molecule has 0 unspecified atom stereocenters. The quantitative estimate of drug-likeness (QED) is 0.823. The van der Waals surface area contributed by atoms with Gasteiger partial charge < -0.3 is 10.2 Å². The highest BCUT2D eigenvalue weighted by molar-refractivity contribution is 5.93. The number of carbonyl (C=O) groups is 1. The first-order valence-corrected chi connectivity index (χ1v) is 7.13. The Morgan fingerprint density at radius 3 is 3.20 bits per heavy atom. The van der Waals surface area contributed by atoms with Crippen molar-refractivity contribution in [2.24, 2.45) is 5.92 Å². The molecule has 0 bridgehead atoms. The molecule has 1 amide bonds. The third-order valence-corrected chi connectivity index (χ3v) is 4.34. The molecule has 2 saturated heterocycles. The molecule has 6 heteroatoms. The van der Waals surface area contributed by atoms with Gasteiger partial charge in [-0.3, -0.25) is 9.20 Å². The minimum Gasteiger partial charge on any atom is -0.335 e. The highest BCUT2D eigenvalue weighted by Crippen LogP contribution is 2.25. The number of rotatable bonds is 1. The lowest BCUT2D eigenvalue weighted by Crippen LogP contribution is -2.41. The number of hydrogen-bond acceptors (Lipinski definition) is 4. The van der Waals surface area contributed by atoms with Crippen LogP contribution >= 0.6 is 0 Å². The van der Waals surface area contributed by atoms with E-state index in [2.05, 4.69) is 15.3 Å². The van der Waals surface area contributed by atoms with E-state index in [1.54, 1.807) is 16.8 Å². The summed E-state index contributed by atoms with van der Waals surface area (Å²) in [7, 11) is 0. The molecule has 2 aliphatic heterocycles. The summed E-state index contributed by atoms with van der Waals surface area (Å²) in [6.07, 6.45) is 7.73. The summed E-state index contributed by atoms with van der Waals surface area (Å²) in [6.45, 7) is 2.71. The van der Waals surface area contributed by atoms with Gasteiger partial charge in [0.25, 0.3) is 5.91 Å². The van der Waals surface area contributed by atoms with Crippen LogP contribution in [0, 0.1) is 5.92 Å². The van der Waals surface area contributed by atoms with Crippen molar-refractivity contribution in [3.63, 3.8) is 0 Å². The Bertz CT molecular complexity index is 605. The van der Waals surface area contributed by atoms with Crippen LogP contribution in [0.3, 0.4) is 0 Å². The van der Waals surface area contributed by atoms with Gasteiger partial charge in [-0.25, -0.2) is 9.97 Å². The molecule has 0 aromatic carbocycles. The fourth-order valence-corrected chi connectivity index (χ4v) is 3.31. The van der Waals surface area contributed by atoms with Crippen molar-refractivity contribution in [3.05, 3.63) is 30.4 Å². The predicted molar refractivity (Wildman–Crippen MR) is 73.4 cm³/mol. The van der Waals surface area contributed by atoms with Gasteiger partial charge in [-0.1, -0.05) is 0 Å². The molecular formula is C14H17N5O. The lowest BCUT2D eigenvalue weighted by molar-refractivity contribution is 0.0780.